The van der Waals surface area contributed by atoms with E-state index in [4.69, 9.17) is 15.9 Å². The molecule has 3 heteroatoms. The first kappa shape index (κ1) is 13.2. The van der Waals surface area contributed by atoms with Crippen LogP contribution in [0.1, 0.15) is 20.3 Å². The quantitative estimate of drug-likeness (QED) is 0.520. The summed E-state index contributed by atoms with van der Waals surface area (Å²) in [6, 6.07) is 0.269. The van der Waals surface area contributed by atoms with Gasteiger partial charge >= 0.3 is 0 Å². The Morgan fingerprint density at radius 3 is 1.91 bits per heavy atom. The van der Waals surface area contributed by atoms with Crippen LogP contribution in [0.5, 0.6) is 0 Å². The van der Waals surface area contributed by atoms with Gasteiger partial charge in [0.15, 0.2) is 0 Å². The summed E-state index contributed by atoms with van der Waals surface area (Å²) in [5, 5.41) is 15.2. The molecule has 11 heavy (non-hydrogen) atoms. The van der Waals surface area contributed by atoms with Crippen LogP contribution in [0, 0.1) is 0 Å². The van der Waals surface area contributed by atoms with Crippen LogP contribution in [-0.2, 0) is 0 Å². The van der Waals surface area contributed by atoms with Gasteiger partial charge in [-0.3, -0.25) is 0 Å². The van der Waals surface area contributed by atoms with Crippen molar-refractivity contribution in [3.63, 3.8) is 0 Å². The fourth-order valence-corrected chi connectivity index (χ4v) is 0.383. The molecule has 68 valence electrons. The second-order valence-electron chi connectivity index (χ2n) is 2.05. The summed E-state index contributed by atoms with van der Waals surface area (Å²) in [4.78, 5) is 0. The van der Waals surface area contributed by atoms with Crippen LogP contribution in [0.15, 0.2) is 12.2 Å². The second kappa shape index (κ2) is 12.3. The smallest absolute Gasteiger partial charge is 0.0662 e. The lowest BCUT2D eigenvalue weighted by Gasteiger charge is -1.96. The highest BCUT2D eigenvalue weighted by molar-refractivity contribution is 4.87. The van der Waals surface area contributed by atoms with Crippen molar-refractivity contribution < 1.29 is 10.2 Å². The van der Waals surface area contributed by atoms with E-state index in [1.54, 1.807) is 0 Å². The van der Waals surface area contributed by atoms with Crippen LogP contribution in [0.2, 0.25) is 0 Å². The number of hydrogen-bond donors (Lipinski definition) is 3. The SMILES string of the molecule is C/C=C/C(N)CC.OCCO. The number of allylic oxidation sites excluding steroid dienone is 1. The molecule has 0 aliphatic heterocycles. The molecule has 4 N–H and O–H groups in total. The van der Waals surface area contributed by atoms with Crippen molar-refractivity contribution >= 4 is 0 Å². The van der Waals surface area contributed by atoms with Crippen molar-refractivity contribution in [1.82, 2.24) is 0 Å². The van der Waals surface area contributed by atoms with Gasteiger partial charge in [-0.1, -0.05) is 19.1 Å². The van der Waals surface area contributed by atoms with E-state index < -0.39 is 0 Å². The van der Waals surface area contributed by atoms with Crippen LogP contribution in [0.4, 0.5) is 0 Å². The summed E-state index contributed by atoms with van der Waals surface area (Å²) in [6.07, 6.45) is 5.01. The number of nitrogens with two attached hydrogens (primary N) is 1. The third-order valence-corrected chi connectivity index (χ3v) is 1.01. The summed E-state index contributed by atoms with van der Waals surface area (Å²) in [5.74, 6) is 0. The van der Waals surface area contributed by atoms with Crippen LogP contribution in [-0.4, -0.2) is 29.5 Å². The fourth-order valence-electron chi connectivity index (χ4n) is 0.383. The fraction of sp³-hybridized carbons (Fsp3) is 0.750. The Balaban J connectivity index is 0. The molecule has 0 radical (unpaired) electrons. The maximum atomic E-state index is 7.62. The Morgan fingerprint density at radius 2 is 1.82 bits per heavy atom. The monoisotopic (exact) mass is 161 g/mol. The van der Waals surface area contributed by atoms with Crippen LogP contribution >= 0.6 is 0 Å². The molecule has 0 rings (SSSR count). The lowest BCUT2D eigenvalue weighted by Crippen LogP contribution is -2.14. The van der Waals surface area contributed by atoms with Crippen LogP contribution in [0.25, 0.3) is 0 Å². The molecule has 0 aliphatic carbocycles. The Morgan fingerprint density at radius 1 is 1.36 bits per heavy atom. The maximum absolute atomic E-state index is 7.62. The van der Waals surface area contributed by atoms with Gasteiger partial charge in [-0.05, 0) is 13.3 Å². The highest BCUT2D eigenvalue weighted by Gasteiger charge is 1.85. The van der Waals surface area contributed by atoms with Crippen molar-refractivity contribution in [2.45, 2.75) is 26.3 Å². The van der Waals surface area contributed by atoms with E-state index in [2.05, 4.69) is 6.92 Å². The predicted octanol–water partition coefficient (Wildman–Crippen LogP) is 0.271. The molecule has 0 aromatic heterocycles. The molecule has 3 nitrogen and oxygen atoms in total. The molecular weight excluding hydrogens is 142 g/mol. The van der Waals surface area contributed by atoms with E-state index in [1.165, 1.54) is 0 Å². The van der Waals surface area contributed by atoms with Gasteiger partial charge in [0.2, 0.25) is 0 Å². The summed E-state index contributed by atoms with van der Waals surface area (Å²) in [5.41, 5.74) is 5.50. The van der Waals surface area contributed by atoms with E-state index in [-0.39, 0.29) is 19.3 Å². The minimum absolute atomic E-state index is 0.125. The van der Waals surface area contributed by atoms with Gasteiger partial charge in [0.1, 0.15) is 0 Å². The zero-order valence-corrected chi connectivity index (χ0v) is 7.33. The molecule has 0 spiro atoms. The summed E-state index contributed by atoms with van der Waals surface area (Å²) in [6.45, 7) is 3.81. The molecule has 0 fully saturated rings. The molecule has 1 unspecified atom stereocenters. The minimum Gasteiger partial charge on any atom is -0.394 e. The van der Waals surface area contributed by atoms with E-state index >= 15 is 0 Å². The third-order valence-electron chi connectivity index (χ3n) is 1.01. The number of hydrogen-bond acceptors (Lipinski definition) is 3. The lowest BCUT2D eigenvalue weighted by atomic mass is 10.2. The van der Waals surface area contributed by atoms with Gasteiger partial charge in [0, 0.05) is 6.04 Å². The standard InChI is InChI=1S/C6H13N.C2H6O2/c1-3-5-6(7)4-2;3-1-2-4/h3,5-6H,4,7H2,1-2H3;3-4H,1-2H2/b5-3+;. The second-order valence-corrected chi connectivity index (χ2v) is 2.05. The number of aliphatic hydroxyl groups is 2. The van der Waals surface area contributed by atoms with Crippen molar-refractivity contribution in [2.75, 3.05) is 13.2 Å². The molecule has 0 saturated carbocycles. The molecule has 0 saturated heterocycles. The zero-order chi connectivity index (χ0) is 9.11. The molecule has 0 heterocycles. The molecule has 0 bridgehead atoms. The topological polar surface area (TPSA) is 66.5 Å². The average Bonchev–Trinajstić information content (AvgIpc) is 2.05. The first-order chi connectivity index (χ1) is 5.22. The lowest BCUT2D eigenvalue weighted by molar-refractivity contribution is 0.186. The van der Waals surface area contributed by atoms with Crippen molar-refractivity contribution in [3.8, 4) is 0 Å². The van der Waals surface area contributed by atoms with Crippen molar-refractivity contribution in [2.24, 2.45) is 5.73 Å². The molecule has 0 amide bonds. The number of rotatable bonds is 3. The van der Waals surface area contributed by atoms with Gasteiger partial charge in [0.05, 0.1) is 13.2 Å². The van der Waals surface area contributed by atoms with Gasteiger partial charge in [-0.2, -0.15) is 0 Å². The summed E-state index contributed by atoms with van der Waals surface area (Å²) < 4.78 is 0. The Bertz CT molecular complexity index is 82.2. The third kappa shape index (κ3) is 17.7. The Labute approximate surface area is 68.5 Å². The predicted molar refractivity (Wildman–Crippen MR) is 47.3 cm³/mol. The van der Waals surface area contributed by atoms with E-state index in [1.807, 2.05) is 19.1 Å². The summed E-state index contributed by atoms with van der Waals surface area (Å²) >= 11 is 0. The van der Waals surface area contributed by atoms with Gasteiger partial charge in [-0.15, -0.1) is 0 Å². The molecule has 1 atom stereocenters. The van der Waals surface area contributed by atoms with Gasteiger partial charge < -0.3 is 15.9 Å². The minimum atomic E-state index is -0.125. The highest BCUT2D eigenvalue weighted by Crippen LogP contribution is 1.85. The molecular formula is C8H19NO2. The largest absolute Gasteiger partial charge is 0.394 e. The average molecular weight is 161 g/mol. The van der Waals surface area contributed by atoms with Crippen molar-refractivity contribution in [3.05, 3.63) is 12.2 Å². The first-order valence-electron chi connectivity index (χ1n) is 3.83. The summed E-state index contributed by atoms with van der Waals surface area (Å²) in [7, 11) is 0. The normalized spacial score (nSPS) is 12.5. The van der Waals surface area contributed by atoms with E-state index in [0.29, 0.717) is 0 Å². The maximum Gasteiger partial charge on any atom is 0.0662 e. The Hall–Kier alpha value is -0.380. The molecule has 0 aliphatic rings. The zero-order valence-electron chi connectivity index (χ0n) is 7.33. The first-order valence-corrected chi connectivity index (χ1v) is 3.83. The van der Waals surface area contributed by atoms with Gasteiger partial charge in [0.25, 0.3) is 0 Å². The highest BCUT2D eigenvalue weighted by atomic mass is 16.3. The number of aliphatic hydroxyl groups excluding tert-OH is 2. The molecule has 0 aromatic carbocycles. The Kier molecular flexibility index (Phi) is 14.8. The molecule has 0 aromatic rings. The van der Waals surface area contributed by atoms with E-state index in [9.17, 15) is 0 Å². The van der Waals surface area contributed by atoms with Crippen molar-refractivity contribution in [1.29, 1.82) is 0 Å². The van der Waals surface area contributed by atoms with Gasteiger partial charge in [-0.25, -0.2) is 0 Å². The van der Waals surface area contributed by atoms with E-state index in [0.717, 1.165) is 6.42 Å². The van der Waals surface area contributed by atoms with Crippen LogP contribution < -0.4 is 5.73 Å². The van der Waals surface area contributed by atoms with Crippen LogP contribution in [0.3, 0.4) is 0 Å².